The highest BCUT2D eigenvalue weighted by Crippen LogP contribution is 2.25. The van der Waals surface area contributed by atoms with Crippen molar-refractivity contribution in [2.24, 2.45) is 0 Å². The van der Waals surface area contributed by atoms with E-state index < -0.39 is 0 Å². The Morgan fingerprint density at radius 3 is 2.93 bits per heavy atom. The van der Waals surface area contributed by atoms with Crippen LogP contribution in [-0.4, -0.2) is 46.4 Å². The molecule has 0 saturated carbocycles. The highest BCUT2D eigenvalue weighted by molar-refractivity contribution is 7.09. The highest BCUT2D eigenvalue weighted by atomic mass is 32.1. The first kappa shape index (κ1) is 18.3. The summed E-state index contributed by atoms with van der Waals surface area (Å²) in [6.07, 6.45) is 3.37. The Hall–Kier alpha value is -3.70. The summed E-state index contributed by atoms with van der Waals surface area (Å²) < 4.78 is 11.1. The Kier molecular flexibility index (Phi) is 4.65. The smallest absolute Gasteiger partial charge is 0.178 e. The minimum atomic E-state index is -0.0969. The molecule has 11 heteroatoms. The molecule has 5 aromatic rings. The number of nitrogens with zero attached hydrogens (tertiary/aromatic N) is 7. The van der Waals surface area contributed by atoms with Crippen LogP contribution < -0.4 is 10.1 Å². The fourth-order valence-electron chi connectivity index (χ4n) is 3.02. The topological polar surface area (TPSA) is 123 Å². The van der Waals surface area contributed by atoms with Crippen molar-refractivity contribution < 1.29 is 9.84 Å². The van der Waals surface area contributed by atoms with Crippen molar-refractivity contribution in [1.82, 2.24) is 34.2 Å². The quantitative estimate of drug-likeness (QED) is 0.426. The molecule has 5 heterocycles. The van der Waals surface area contributed by atoms with Gasteiger partial charge in [-0.3, -0.25) is 4.98 Å². The number of hydrogen-bond donors (Lipinski definition) is 2. The van der Waals surface area contributed by atoms with E-state index in [0.29, 0.717) is 29.5 Å². The number of pyridine rings is 2. The molecule has 2 N–H and O–H groups in total. The van der Waals surface area contributed by atoms with Crippen molar-refractivity contribution in [3.8, 4) is 16.3 Å². The molecule has 150 valence electrons. The molecule has 0 aromatic carbocycles. The van der Waals surface area contributed by atoms with E-state index in [0.717, 1.165) is 27.3 Å². The zero-order chi connectivity index (χ0) is 20.5. The molecular formula is C19H16N8O2S. The second-order valence-corrected chi connectivity index (χ2v) is 7.21. The monoisotopic (exact) mass is 420 g/mol. The van der Waals surface area contributed by atoms with E-state index in [1.54, 1.807) is 24.0 Å². The van der Waals surface area contributed by atoms with Gasteiger partial charge in [-0.2, -0.15) is 14.0 Å². The molecular weight excluding hydrogens is 404 g/mol. The number of fused-ring (bicyclic) bond motifs is 2. The second kappa shape index (κ2) is 7.61. The van der Waals surface area contributed by atoms with Crippen molar-refractivity contribution in [3.63, 3.8) is 0 Å². The van der Waals surface area contributed by atoms with E-state index in [9.17, 15) is 5.11 Å². The molecule has 0 saturated heterocycles. The standard InChI is InChI=1S/C19H16N8O2S/c1-29-12-7-15-19(22-8-12)14(4-5-20-15)21-9-18-24-23-17-3-2-13(25-27(17)18)16-6-11(10-28)26-30-16/h2-8,28H,9-10H2,1H3,(H,20,21). The van der Waals surface area contributed by atoms with Gasteiger partial charge in [-0.15, -0.1) is 10.2 Å². The van der Waals surface area contributed by atoms with Gasteiger partial charge in [-0.25, -0.2) is 4.98 Å². The number of anilines is 1. The third kappa shape index (κ3) is 3.29. The molecule has 0 spiro atoms. The minimum Gasteiger partial charge on any atom is -0.495 e. The minimum absolute atomic E-state index is 0.0969. The molecule has 0 aliphatic rings. The molecule has 5 aromatic heterocycles. The summed E-state index contributed by atoms with van der Waals surface area (Å²) in [6, 6.07) is 9.24. The summed E-state index contributed by atoms with van der Waals surface area (Å²) in [6.45, 7) is 0.301. The molecule has 0 unspecified atom stereocenters. The molecule has 10 nitrogen and oxygen atoms in total. The maximum absolute atomic E-state index is 9.24. The van der Waals surface area contributed by atoms with E-state index >= 15 is 0 Å². The van der Waals surface area contributed by atoms with Crippen LogP contribution in [0.3, 0.4) is 0 Å². The van der Waals surface area contributed by atoms with Crippen molar-refractivity contribution in [2.75, 3.05) is 12.4 Å². The Labute approximate surface area is 174 Å². The Morgan fingerprint density at radius 2 is 2.10 bits per heavy atom. The van der Waals surface area contributed by atoms with Crippen molar-refractivity contribution in [3.05, 3.63) is 54.2 Å². The van der Waals surface area contributed by atoms with Crippen molar-refractivity contribution in [1.29, 1.82) is 0 Å². The van der Waals surface area contributed by atoms with Gasteiger partial charge in [-0.05, 0) is 35.8 Å². The molecule has 0 aliphatic heterocycles. The van der Waals surface area contributed by atoms with Crippen LogP contribution in [0.2, 0.25) is 0 Å². The normalized spacial score (nSPS) is 11.3. The number of rotatable bonds is 6. The molecule has 5 rings (SSSR count). The number of ether oxygens (including phenoxy) is 1. The van der Waals surface area contributed by atoms with E-state index in [-0.39, 0.29) is 6.61 Å². The SMILES string of the molecule is COc1cnc2c(NCc3nnc4ccc(-c5cc(CO)ns5)nn34)ccnc2c1. The van der Waals surface area contributed by atoms with Gasteiger partial charge in [-0.1, -0.05) is 0 Å². The first-order valence-electron chi connectivity index (χ1n) is 9.06. The first-order chi connectivity index (χ1) is 14.7. The zero-order valence-corrected chi connectivity index (χ0v) is 16.7. The van der Waals surface area contributed by atoms with E-state index in [1.165, 1.54) is 11.5 Å². The Morgan fingerprint density at radius 1 is 1.17 bits per heavy atom. The predicted molar refractivity (Wildman–Crippen MR) is 111 cm³/mol. The molecule has 30 heavy (non-hydrogen) atoms. The molecule has 0 fully saturated rings. The van der Waals surface area contributed by atoms with Crippen LogP contribution in [0.4, 0.5) is 5.69 Å². The van der Waals surface area contributed by atoms with Gasteiger partial charge in [0, 0.05) is 12.3 Å². The van der Waals surface area contributed by atoms with Gasteiger partial charge < -0.3 is 15.2 Å². The maximum Gasteiger partial charge on any atom is 0.178 e. The first-order valence-corrected chi connectivity index (χ1v) is 9.83. The van der Waals surface area contributed by atoms with Crippen LogP contribution in [0.25, 0.3) is 27.3 Å². The lowest BCUT2D eigenvalue weighted by atomic mass is 10.2. The molecule has 0 atom stereocenters. The van der Waals surface area contributed by atoms with Gasteiger partial charge in [0.15, 0.2) is 11.5 Å². The van der Waals surface area contributed by atoms with Crippen LogP contribution in [0.1, 0.15) is 11.5 Å². The van der Waals surface area contributed by atoms with Crippen molar-refractivity contribution in [2.45, 2.75) is 13.2 Å². The number of aliphatic hydroxyl groups excluding tert-OH is 1. The van der Waals surface area contributed by atoms with Gasteiger partial charge in [0.2, 0.25) is 0 Å². The summed E-state index contributed by atoms with van der Waals surface area (Å²) in [5.74, 6) is 1.30. The summed E-state index contributed by atoms with van der Waals surface area (Å²) in [5, 5.41) is 25.7. The van der Waals surface area contributed by atoms with Crippen LogP contribution in [0.5, 0.6) is 5.75 Å². The lowest BCUT2D eigenvalue weighted by Gasteiger charge is -2.08. The number of hydrogen-bond acceptors (Lipinski definition) is 10. The average molecular weight is 420 g/mol. The third-order valence-corrected chi connectivity index (χ3v) is 5.38. The molecule has 0 radical (unpaired) electrons. The lowest BCUT2D eigenvalue weighted by molar-refractivity contribution is 0.278. The van der Waals surface area contributed by atoms with Crippen LogP contribution in [0.15, 0.2) is 42.7 Å². The zero-order valence-electron chi connectivity index (χ0n) is 15.8. The fourth-order valence-corrected chi connectivity index (χ4v) is 3.74. The summed E-state index contributed by atoms with van der Waals surface area (Å²) in [4.78, 5) is 9.66. The Bertz CT molecular complexity index is 1350. The lowest BCUT2D eigenvalue weighted by Crippen LogP contribution is -2.07. The van der Waals surface area contributed by atoms with Gasteiger partial charge in [0.1, 0.15) is 17.0 Å². The van der Waals surface area contributed by atoms with E-state index in [2.05, 4.69) is 35.0 Å². The van der Waals surface area contributed by atoms with Gasteiger partial charge in [0.25, 0.3) is 0 Å². The van der Waals surface area contributed by atoms with Gasteiger partial charge in [0.05, 0.1) is 48.2 Å². The van der Waals surface area contributed by atoms with Crippen LogP contribution >= 0.6 is 11.5 Å². The van der Waals surface area contributed by atoms with E-state index in [4.69, 9.17) is 4.74 Å². The number of methoxy groups -OCH3 is 1. The fraction of sp³-hybridized carbons (Fsp3) is 0.158. The van der Waals surface area contributed by atoms with E-state index in [1.807, 2.05) is 30.3 Å². The number of aliphatic hydroxyl groups is 1. The van der Waals surface area contributed by atoms with Crippen LogP contribution in [0, 0.1) is 0 Å². The van der Waals surface area contributed by atoms with Crippen molar-refractivity contribution >= 4 is 33.9 Å². The number of aromatic nitrogens is 7. The predicted octanol–water partition coefficient (Wildman–Crippen LogP) is 2.30. The third-order valence-electron chi connectivity index (χ3n) is 4.53. The van der Waals surface area contributed by atoms with Gasteiger partial charge >= 0.3 is 0 Å². The molecule has 0 bridgehead atoms. The average Bonchev–Trinajstić information content (AvgIpc) is 3.43. The molecule has 0 amide bonds. The van der Waals surface area contributed by atoms with Crippen LogP contribution in [-0.2, 0) is 13.2 Å². The summed E-state index contributed by atoms with van der Waals surface area (Å²) >= 11 is 1.29. The number of nitrogens with one attached hydrogen (secondary N) is 1. The Balaban J connectivity index is 1.44. The second-order valence-electron chi connectivity index (χ2n) is 6.40. The summed E-state index contributed by atoms with van der Waals surface area (Å²) in [5.41, 5.74) is 4.30. The highest BCUT2D eigenvalue weighted by Gasteiger charge is 2.12. The largest absolute Gasteiger partial charge is 0.495 e. The molecule has 0 aliphatic carbocycles. The maximum atomic E-state index is 9.24. The summed E-state index contributed by atoms with van der Waals surface area (Å²) in [7, 11) is 1.60.